The molecule has 22 heavy (non-hydrogen) atoms. The molecule has 0 radical (unpaired) electrons. The average molecular weight is 315 g/mol. The van der Waals surface area contributed by atoms with Gasteiger partial charge in [-0.05, 0) is 66.9 Å². The van der Waals surface area contributed by atoms with Crippen molar-refractivity contribution in [3.8, 4) is 0 Å². The van der Waals surface area contributed by atoms with E-state index in [1.165, 1.54) is 25.9 Å². The van der Waals surface area contributed by atoms with Gasteiger partial charge in [0.2, 0.25) is 0 Å². The molecular weight excluding hydrogens is 296 g/mol. The van der Waals surface area contributed by atoms with Crippen LogP contribution in [-0.4, -0.2) is 36.5 Å². The standard InChI is InChI=1S/C18H19ClN2O/c19-16-4-3-12-1-2-14(9-15(12)10-16)18(22)20-17-11-21-7-5-13(17)6-8-21/h1-4,9-10,13,17H,5-8,11H2,(H,20,22)/t17-/m0/s1. The SMILES string of the molecule is O=C(N[C@H]1CN2CCC1CC2)c1ccc2ccc(Cl)cc2c1. The minimum atomic E-state index is 0.0284. The number of piperidine rings is 3. The first-order valence-corrected chi connectivity index (χ1v) is 8.29. The first-order valence-electron chi connectivity index (χ1n) is 7.91. The Morgan fingerprint density at radius 1 is 1.09 bits per heavy atom. The van der Waals surface area contributed by atoms with E-state index in [1.807, 2.05) is 36.4 Å². The quantitative estimate of drug-likeness (QED) is 0.922. The van der Waals surface area contributed by atoms with Crippen LogP contribution in [0.4, 0.5) is 0 Å². The molecule has 2 aromatic rings. The molecule has 3 heterocycles. The Bertz CT molecular complexity index is 722. The fourth-order valence-electron chi connectivity index (χ4n) is 3.74. The van der Waals surface area contributed by atoms with E-state index in [0.29, 0.717) is 22.5 Å². The van der Waals surface area contributed by atoms with Crippen LogP contribution >= 0.6 is 11.6 Å². The summed E-state index contributed by atoms with van der Waals surface area (Å²) >= 11 is 6.04. The van der Waals surface area contributed by atoms with Crippen molar-refractivity contribution in [2.75, 3.05) is 19.6 Å². The van der Waals surface area contributed by atoms with Gasteiger partial charge in [-0.15, -0.1) is 0 Å². The second-order valence-corrected chi connectivity index (χ2v) is 6.86. The largest absolute Gasteiger partial charge is 0.348 e. The monoisotopic (exact) mass is 314 g/mol. The molecule has 0 saturated carbocycles. The highest BCUT2D eigenvalue weighted by molar-refractivity contribution is 6.31. The Hall–Kier alpha value is -1.58. The maximum Gasteiger partial charge on any atom is 0.251 e. The van der Waals surface area contributed by atoms with E-state index >= 15 is 0 Å². The molecule has 3 aliphatic heterocycles. The molecule has 3 saturated heterocycles. The van der Waals surface area contributed by atoms with Gasteiger partial charge in [-0.25, -0.2) is 0 Å². The summed E-state index contributed by atoms with van der Waals surface area (Å²) in [5.74, 6) is 0.671. The Balaban J connectivity index is 1.55. The van der Waals surface area contributed by atoms with Crippen LogP contribution in [-0.2, 0) is 0 Å². The Kier molecular flexibility index (Phi) is 3.55. The Labute approximate surface area is 135 Å². The minimum Gasteiger partial charge on any atom is -0.348 e. The van der Waals surface area contributed by atoms with Crippen LogP contribution in [0.3, 0.4) is 0 Å². The predicted octanol–water partition coefficient (Wildman–Crippen LogP) is 3.32. The van der Waals surface area contributed by atoms with Crippen molar-refractivity contribution in [2.24, 2.45) is 5.92 Å². The second-order valence-electron chi connectivity index (χ2n) is 6.42. The molecule has 0 aliphatic carbocycles. The molecule has 2 aromatic carbocycles. The molecule has 5 rings (SSSR count). The van der Waals surface area contributed by atoms with Gasteiger partial charge < -0.3 is 10.2 Å². The first-order chi connectivity index (χ1) is 10.7. The van der Waals surface area contributed by atoms with Crippen molar-refractivity contribution in [3.63, 3.8) is 0 Å². The predicted molar refractivity (Wildman–Crippen MR) is 89.4 cm³/mol. The van der Waals surface area contributed by atoms with E-state index in [2.05, 4.69) is 10.2 Å². The Morgan fingerprint density at radius 3 is 2.59 bits per heavy atom. The maximum absolute atomic E-state index is 12.6. The van der Waals surface area contributed by atoms with E-state index in [-0.39, 0.29) is 5.91 Å². The lowest BCUT2D eigenvalue weighted by Gasteiger charge is -2.44. The van der Waals surface area contributed by atoms with Crippen LogP contribution in [0, 0.1) is 5.92 Å². The molecule has 3 aliphatic rings. The van der Waals surface area contributed by atoms with E-state index in [0.717, 1.165) is 17.3 Å². The summed E-state index contributed by atoms with van der Waals surface area (Å²) in [6, 6.07) is 11.9. The smallest absolute Gasteiger partial charge is 0.251 e. The molecule has 0 aromatic heterocycles. The van der Waals surface area contributed by atoms with E-state index < -0.39 is 0 Å². The Morgan fingerprint density at radius 2 is 1.86 bits per heavy atom. The van der Waals surface area contributed by atoms with Crippen molar-refractivity contribution >= 4 is 28.3 Å². The summed E-state index contributed by atoms with van der Waals surface area (Å²) in [6.07, 6.45) is 2.41. The number of rotatable bonds is 2. The number of hydrogen-bond acceptors (Lipinski definition) is 2. The molecule has 3 nitrogen and oxygen atoms in total. The fraction of sp³-hybridized carbons (Fsp3) is 0.389. The summed E-state index contributed by atoms with van der Waals surface area (Å²) in [6.45, 7) is 3.37. The average Bonchev–Trinajstić information content (AvgIpc) is 2.55. The van der Waals surface area contributed by atoms with Gasteiger partial charge in [0.05, 0.1) is 0 Å². The maximum atomic E-state index is 12.6. The summed E-state index contributed by atoms with van der Waals surface area (Å²) in [4.78, 5) is 15.0. The number of hydrogen-bond donors (Lipinski definition) is 1. The molecular formula is C18H19ClN2O. The van der Waals surface area contributed by atoms with Crippen LogP contribution in [0.15, 0.2) is 36.4 Å². The zero-order chi connectivity index (χ0) is 15.1. The van der Waals surface area contributed by atoms with Crippen molar-refractivity contribution < 1.29 is 4.79 Å². The van der Waals surface area contributed by atoms with Crippen LogP contribution in [0.5, 0.6) is 0 Å². The molecule has 1 atom stereocenters. The van der Waals surface area contributed by atoms with E-state index in [4.69, 9.17) is 11.6 Å². The number of nitrogens with zero attached hydrogens (tertiary/aromatic N) is 1. The molecule has 3 fully saturated rings. The number of benzene rings is 2. The molecule has 1 N–H and O–H groups in total. The van der Waals surface area contributed by atoms with Gasteiger partial charge in [0.25, 0.3) is 5.91 Å². The molecule has 0 unspecified atom stereocenters. The van der Waals surface area contributed by atoms with Crippen molar-refractivity contribution in [1.82, 2.24) is 10.2 Å². The highest BCUT2D eigenvalue weighted by Crippen LogP contribution is 2.28. The first kappa shape index (κ1) is 14.0. The lowest BCUT2D eigenvalue weighted by atomic mass is 9.84. The minimum absolute atomic E-state index is 0.0284. The van der Waals surface area contributed by atoms with Gasteiger partial charge in [-0.3, -0.25) is 4.79 Å². The zero-order valence-electron chi connectivity index (χ0n) is 12.4. The van der Waals surface area contributed by atoms with E-state index in [1.54, 1.807) is 0 Å². The third-order valence-electron chi connectivity index (χ3n) is 5.04. The fourth-order valence-corrected chi connectivity index (χ4v) is 3.92. The van der Waals surface area contributed by atoms with Crippen LogP contribution in [0.25, 0.3) is 10.8 Å². The summed E-state index contributed by atoms with van der Waals surface area (Å²) < 4.78 is 0. The van der Waals surface area contributed by atoms with Gasteiger partial charge in [0, 0.05) is 23.2 Å². The van der Waals surface area contributed by atoms with Gasteiger partial charge in [0.1, 0.15) is 0 Å². The summed E-state index contributed by atoms with van der Waals surface area (Å²) in [7, 11) is 0. The number of amides is 1. The lowest BCUT2D eigenvalue weighted by Crippen LogP contribution is -2.57. The number of fused-ring (bicyclic) bond motifs is 4. The topological polar surface area (TPSA) is 32.3 Å². The zero-order valence-corrected chi connectivity index (χ0v) is 13.1. The van der Waals surface area contributed by atoms with Gasteiger partial charge >= 0.3 is 0 Å². The molecule has 114 valence electrons. The van der Waals surface area contributed by atoms with Crippen LogP contribution < -0.4 is 5.32 Å². The van der Waals surface area contributed by atoms with Crippen LogP contribution in [0.2, 0.25) is 5.02 Å². The molecule has 0 spiro atoms. The summed E-state index contributed by atoms with van der Waals surface area (Å²) in [5.41, 5.74) is 0.714. The van der Waals surface area contributed by atoms with Crippen molar-refractivity contribution in [3.05, 3.63) is 47.0 Å². The third kappa shape index (κ3) is 2.59. The normalized spacial score (nSPS) is 27.0. The van der Waals surface area contributed by atoms with Gasteiger partial charge in [0.15, 0.2) is 0 Å². The number of nitrogens with one attached hydrogen (secondary N) is 1. The third-order valence-corrected chi connectivity index (χ3v) is 5.27. The van der Waals surface area contributed by atoms with Crippen molar-refractivity contribution in [2.45, 2.75) is 18.9 Å². The van der Waals surface area contributed by atoms with Crippen LogP contribution in [0.1, 0.15) is 23.2 Å². The highest BCUT2D eigenvalue weighted by Gasteiger charge is 2.34. The molecule has 4 heteroatoms. The van der Waals surface area contributed by atoms with Gasteiger partial charge in [-0.1, -0.05) is 23.7 Å². The van der Waals surface area contributed by atoms with Gasteiger partial charge in [-0.2, -0.15) is 0 Å². The van der Waals surface area contributed by atoms with Crippen molar-refractivity contribution in [1.29, 1.82) is 0 Å². The summed E-state index contributed by atoms with van der Waals surface area (Å²) in [5, 5.41) is 6.04. The number of carbonyl (C=O) groups excluding carboxylic acids is 1. The molecule has 2 bridgehead atoms. The lowest BCUT2D eigenvalue weighted by molar-refractivity contribution is 0.0620. The second kappa shape index (κ2) is 5.56. The number of carbonyl (C=O) groups is 1. The molecule has 1 amide bonds. The van der Waals surface area contributed by atoms with E-state index in [9.17, 15) is 4.79 Å². The number of halogens is 1. The highest BCUT2D eigenvalue weighted by atomic mass is 35.5.